The lowest BCUT2D eigenvalue weighted by Crippen LogP contribution is -2.25. The van der Waals surface area contributed by atoms with Crippen molar-refractivity contribution in [3.63, 3.8) is 0 Å². The van der Waals surface area contributed by atoms with Gasteiger partial charge in [0.15, 0.2) is 0 Å². The van der Waals surface area contributed by atoms with E-state index in [1.807, 2.05) is 12.1 Å². The third-order valence-corrected chi connectivity index (χ3v) is 4.28. The summed E-state index contributed by atoms with van der Waals surface area (Å²) in [5.41, 5.74) is 1.25. The molecule has 1 aromatic rings. The zero-order valence-corrected chi connectivity index (χ0v) is 14.7. The van der Waals surface area contributed by atoms with Crippen LogP contribution in [0.3, 0.4) is 0 Å². The molecule has 22 heavy (non-hydrogen) atoms. The van der Waals surface area contributed by atoms with Crippen molar-refractivity contribution in [1.29, 1.82) is 0 Å². The maximum absolute atomic E-state index is 9.47. The quantitative estimate of drug-likeness (QED) is 0.442. The number of unbranched alkanes of at least 4 members (excludes halogenated alkanes) is 8. The van der Waals surface area contributed by atoms with Crippen molar-refractivity contribution < 1.29 is 5.11 Å². The molecule has 0 unspecified atom stereocenters. The molecule has 0 aromatic heterocycles. The molecule has 1 N–H and O–H groups in total. The van der Waals surface area contributed by atoms with Gasteiger partial charge in [0.05, 0.1) is 0 Å². The van der Waals surface area contributed by atoms with Crippen molar-refractivity contribution >= 4 is 5.69 Å². The number of hydrogen-bond donors (Lipinski definition) is 1. The van der Waals surface area contributed by atoms with Crippen molar-refractivity contribution in [3.05, 3.63) is 24.3 Å². The molecule has 0 aliphatic carbocycles. The first-order valence-corrected chi connectivity index (χ1v) is 9.32. The molecule has 0 spiro atoms. The lowest BCUT2D eigenvalue weighted by Gasteiger charge is -2.25. The van der Waals surface area contributed by atoms with E-state index in [4.69, 9.17) is 0 Å². The first kappa shape index (κ1) is 18.9. The van der Waals surface area contributed by atoms with E-state index >= 15 is 0 Å². The highest BCUT2D eigenvalue weighted by atomic mass is 16.3. The molecule has 0 saturated carbocycles. The molecule has 0 saturated heterocycles. The van der Waals surface area contributed by atoms with Gasteiger partial charge in [-0.25, -0.2) is 0 Å². The lowest BCUT2D eigenvalue weighted by molar-refractivity contribution is 0.475. The lowest BCUT2D eigenvalue weighted by atomic mass is 10.1. The second-order valence-electron chi connectivity index (χ2n) is 6.33. The molecule has 1 aromatic carbocycles. The minimum Gasteiger partial charge on any atom is -0.508 e. The number of rotatable bonds is 13. The van der Waals surface area contributed by atoms with Crippen LogP contribution in [-0.4, -0.2) is 18.2 Å². The van der Waals surface area contributed by atoms with Crippen LogP contribution in [0.1, 0.15) is 78.1 Å². The molecule has 126 valence electrons. The van der Waals surface area contributed by atoms with Crippen molar-refractivity contribution in [2.75, 3.05) is 18.0 Å². The van der Waals surface area contributed by atoms with Gasteiger partial charge in [0.25, 0.3) is 0 Å². The smallest absolute Gasteiger partial charge is 0.115 e. The van der Waals surface area contributed by atoms with Crippen molar-refractivity contribution in [1.82, 2.24) is 0 Å². The van der Waals surface area contributed by atoms with Crippen molar-refractivity contribution in [2.45, 2.75) is 78.1 Å². The molecular formula is C20H35NO. The van der Waals surface area contributed by atoms with E-state index in [-0.39, 0.29) is 0 Å². The zero-order chi connectivity index (χ0) is 16.0. The number of benzene rings is 1. The first-order valence-electron chi connectivity index (χ1n) is 9.32. The summed E-state index contributed by atoms with van der Waals surface area (Å²) in [7, 11) is 0. The molecule has 0 amide bonds. The maximum atomic E-state index is 9.47. The summed E-state index contributed by atoms with van der Waals surface area (Å²) in [5, 5.41) is 9.47. The highest BCUT2D eigenvalue weighted by Crippen LogP contribution is 2.20. The number of hydrogen-bond acceptors (Lipinski definition) is 2. The number of nitrogens with zero attached hydrogens (tertiary/aromatic N) is 1. The van der Waals surface area contributed by atoms with Crippen LogP contribution >= 0.6 is 0 Å². The molecule has 0 aliphatic heterocycles. The summed E-state index contributed by atoms with van der Waals surface area (Å²) in [6.45, 7) is 6.81. The summed E-state index contributed by atoms with van der Waals surface area (Å²) in [5.74, 6) is 0.356. The Morgan fingerprint density at radius 1 is 0.682 bits per heavy atom. The minimum absolute atomic E-state index is 0.356. The van der Waals surface area contributed by atoms with E-state index in [0.717, 1.165) is 13.1 Å². The van der Waals surface area contributed by atoms with Gasteiger partial charge in [-0.05, 0) is 37.1 Å². The van der Waals surface area contributed by atoms with Gasteiger partial charge < -0.3 is 10.0 Å². The van der Waals surface area contributed by atoms with Crippen LogP contribution in [0.2, 0.25) is 0 Å². The van der Waals surface area contributed by atoms with E-state index in [9.17, 15) is 5.11 Å². The normalized spacial score (nSPS) is 10.8. The summed E-state index contributed by atoms with van der Waals surface area (Å²) >= 11 is 0. The maximum Gasteiger partial charge on any atom is 0.115 e. The standard InChI is InChI=1S/C20H35NO/c1-3-5-7-9-11-17-21(18-12-10-8-6-4-2)19-13-15-20(22)16-14-19/h13-16,22H,3-12,17-18H2,1-2H3. The Kier molecular flexibility index (Phi) is 10.6. The topological polar surface area (TPSA) is 23.5 Å². The van der Waals surface area contributed by atoms with Crippen molar-refractivity contribution in [3.8, 4) is 5.75 Å². The Morgan fingerprint density at radius 2 is 1.14 bits per heavy atom. The van der Waals surface area contributed by atoms with Crippen LogP contribution in [0, 0.1) is 0 Å². The Labute approximate surface area is 137 Å². The number of phenols is 1. The highest BCUT2D eigenvalue weighted by molar-refractivity contribution is 5.48. The molecule has 0 fully saturated rings. The fourth-order valence-electron chi connectivity index (χ4n) is 2.85. The van der Waals surface area contributed by atoms with Crippen LogP contribution in [0.25, 0.3) is 0 Å². The Morgan fingerprint density at radius 3 is 1.59 bits per heavy atom. The summed E-state index contributed by atoms with van der Waals surface area (Å²) in [6, 6.07) is 7.70. The molecule has 0 aliphatic rings. The van der Waals surface area contributed by atoms with Gasteiger partial charge in [-0.2, -0.15) is 0 Å². The fraction of sp³-hybridized carbons (Fsp3) is 0.700. The van der Waals surface area contributed by atoms with Gasteiger partial charge in [-0.3, -0.25) is 0 Å². The average molecular weight is 306 g/mol. The molecule has 2 heteroatoms. The van der Waals surface area contributed by atoms with Gasteiger partial charge in [0.2, 0.25) is 0 Å². The molecule has 0 bridgehead atoms. The Bertz CT molecular complexity index is 346. The van der Waals surface area contributed by atoms with Gasteiger partial charge >= 0.3 is 0 Å². The Hall–Kier alpha value is -1.18. The molecule has 2 nitrogen and oxygen atoms in total. The minimum atomic E-state index is 0.356. The molecular weight excluding hydrogens is 270 g/mol. The first-order chi connectivity index (χ1) is 10.8. The second-order valence-corrected chi connectivity index (χ2v) is 6.33. The summed E-state index contributed by atoms with van der Waals surface area (Å²) in [4.78, 5) is 2.50. The second kappa shape index (κ2) is 12.4. The average Bonchev–Trinajstić information content (AvgIpc) is 2.53. The van der Waals surface area contributed by atoms with Gasteiger partial charge in [-0.15, -0.1) is 0 Å². The summed E-state index contributed by atoms with van der Waals surface area (Å²) in [6.07, 6.45) is 13.2. The van der Waals surface area contributed by atoms with E-state index < -0.39 is 0 Å². The molecule has 0 atom stereocenters. The fourth-order valence-corrected chi connectivity index (χ4v) is 2.85. The molecule has 0 heterocycles. The molecule has 1 rings (SSSR count). The van der Waals surface area contributed by atoms with Crippen LogP contribution in [0.15, 0.2) is 24.3 Å². The zero-order valence-electron chi connectivity index (χ0n) is 14.7. The predicted octanol–water partition coefficient (Wildman–Crippen LogP) is 6.14. The Balaban J connectivity index is 2.40. The van der Waals surface area contributed by atoms with Crippen LogP contribution < -0.4 is 4.90 Å². The van der Waals surface area contributed by atoms with Gasteiger partial charge in [-0.1, -0.05) is 65.2 Å². The third-order valence-electron chi connectivity index (χ3n) is 4.28. The SMILES string of the molecule is CCCCCCCN(CCCCCCC)c1ccc(O)cc1. The van der Waals surface area contributed by atoms with Crippen LogP contribution in [-0.2, 0) is 0 Å². The van der Waals surface area contributed by atoms with E-state index in [2.05, 4.69) is 18.7 Å². The van der Waals surface area contributed by atoms with Crippen LogP contribution in [0.5, 0.6) is 5.75 Å². The number of phenolic OH excluding ortho intramolecular Hbond substituents is 1. The predicted molar refractivity (Wildman–Crippen MR) is 97.8 cm³/mol. The van der Waals surface area contributed by atoms with E-state index in [1.165, 1.54) is 69.9 Å². The molecule has 0 radical (unpaired) electrons. The number of anilines is 1. The largest absolute Gasteiger partial charge is 0.508 e. The van der Waals surface area contributed by atoms with Crippen LogP contribution in [0.4, 0.5) is 5.69 Å². The third kappa shape index (κ3) is 8.31. The van der Waals surface area contributed by atoms with E-state index in [0.29, 0.717) is 5.75 Å². The van der Waals surface area contributed by atoms with Gasteiger partial charge in [0, 0.05) is 18.8 Å². The van der Waals surface area contributed by atoms with Crippen molar-refractivity contribution in [2.24, 2.45) is 0 Å². The summed E-state index contributed by atoms with van der Waals surface area (Å²) < 4.78 is 0. The monoisotopic (exact) mass is 305 g/mol. The highest BCUT2D eigenvalue weighted by Gasteiger charge is 2.06. The van der Waals surface area contributed by atoms with E-state index in [1.54, 1.807) is 12.1 Å². The number of aromatic hydroxyl groups is 1. The van der Waals surface area contributed by atoms with Gasteiger partial charge in [0.1, 0.15) is 5.75 Å².